The van der Waals surface area contributed by atoms with E-state index in [-0.39, 0.29) is 22.0 Å². The molecule has 0 bridgehead atoms. The monoisotopic (exact) mass is 298 g/mol. The van der Waals surface area contributed by atoms with Crippen LogP contribution in [0.4, 0.5) is 5.69 Å². The lowest BCUT2D eigenvalue weighted by atomic mass is 10.2. The van der Waals surface area contributed by atoms with Gasteiger partial charge in [-0.3, -0.25) is 9.32 Å². The number of carboxylic acid groups (broad SMARTS) is 1. The molecule has 0 aliphatic rings. The third-order valence-electron chi connectivity index (χ3n) is 2.47. The minimum absolute atomic E-state index is 0.0437. The molecule has 2 rings (SSSR count). The van der Waals surface area contributed by atoms with Gasteiger partial charge in [-0.25, -0.2) is 9.59 Å². The van der Waals surface area contributed by atoms with E-state index in [2.05, 4.69) is 15.1 Å². The van der Waals surface area contributed by atoms with Crippen molar-refractivity contribution in [2.75, 3.05) is 5.32 Å². The second-order valence-electron chi connectivity index (χ2n) is 3.84. The van der Waals surface area contributed by atoms with Crippen molar-refractivity contribution in [1.82, 2.24) is 5.27 Å². The van der Waals surface area contributed by atoms with Crippen molar-refractivity contribution in [3.05, 3.63) is 44.9 Å². The Morgan fingerprint density at radius 1 is 1.45 bits per heavy atom. The third-order valence-corrected chi connectivity index (χ3v) is 2.80. The normalized spacial score (nSPS) is 10.3. The highest BCUT2D eigenvalue weighted by Gasteiger charge is 2.26. The smallest absolute Gasteiger partial charge is 0.440 e. The predicted octanol–water partition coefficient (Wildman–Crippen LogP) is 0.396. The Morgan fingerprint density at radius 2 is 2.15 bits per heavy atom. The van der Waals surface area contributed by atoms with Gasteiger partial charge < -0.3 is 10.4 Å². The van der Waals surface area contributed by atoms with Gasteiger partial charge in [0.1, 0.15) is 0 Å². The molecule has 20 heavy (non-hydrogen) atoms. The van der Waals surface area contributed by atoms with Gasteiger partial charge in [-0.1, -0.05) is 16.3 Å². The summed E-state index contributed by atoms with van der Waals surface area (Å²) in [6, 6.07) is 3.94. The molecule has 1 amide bonds. The summed E-state index contributed by atoms with van der Waals surface area (Å²) >= 11 is 5.71. The molecular weight excluding hydrogens is 290 g/mol. The molecule has 1 heterocycles. The molecule has 0 saturated carbocycles. The van der Waals surface area contributed by atoms with Gasteiger partial charge in [0.25, 0.3) is 0 Å². The summed E-state index contributed by atoms with van der Waals surface area (Å²) in [5.41, 5.74) is -1.05. The lowest BCUT2D eigenvalue weighted by Gasteiger charge is -2.04. The Kier molecular flexibility index (Phi) is 3.57. The van der Waals surface area contributed by atoms with Gasteiger partial charge in [-0.05, 0) is 23.5 Å². The van der Waals surface area contributed by atoms with Gasteiger partial charge in [-0.2, -0.15) is 0 Å². The SMILES string of the molecule is C[n+]1[nH]oc(=O)c1C(=O)Nc1ccc(Cl)c(C(=O)O)c1. The maximum Gasteiger partial charge on any atom is 0.440 e. The van der Waals surface area contributed by atoms with Crippen LogP contribution in [0, 0.1) is 0 Å². The molecule has 1 aromatic heterocycles. The summed E-state index contributed by atoms with van der Waals surface area (Å²) in [6.45, 7) is 0. The Hall–Kier alpha value is -2.61. The molecular formula is C11H9ClN3O5+. The van der Waals surface area contributed by atoms with E-state index in [0.29, 0.717) is 0 Å². The molecule has 0 atom stereocenters. The Labute approximate surface area is 116 Å². The summed E-state index contributed by atoms with van der Waals surface area (Å²) in [6.07, 6.45) is 0. The van der Waals surface area contributed by atoms with Crippen LogP contribution in [0.2, 0.25) is 5.02 Å². The second-order valence-corrected chi connectivity index (χ2v) is 4.25. The zero-order valence-electron chi connectivity index (χ0n) is 10.1. The fourth-order valence-corrected chi connectivity index (χ4v) is 1.74. The molecule has 0 saturated heterocycles. The zero-order chi connectivity index (χ0) is 14.9. The van der Waals surface area contributed by atoms with E-state index in [9.17, 15) is 14.4 Å². The van der Waals surface area contributed by atoms with E-state index in [1.807, 2.05) is 0 Å². The van der Waals surface area contributed by atoms with E-state index >= 15 is 0 Å². The van der Waals surface area contributed by atoms with Crippen molar-refractivity contribution >= 4 is 29.2 Å². The number of aromatic nitrogens is 2. The molecule has 9 heteroatoms. The van der Waals surface area contributed by atoms with Crippen molar-refractivity contribution in [3.63, 3.8) is 0 Å². The minimum atomic E-state index is -1.22. The first-order chi connectivity index (χ1) is 9.40. The minimum Gasteiger partial charge on any atom is -0.478 e. The van der Waals surface area contributed by atoms with Gasteiger partial charge in [0.2, 0.25) is 0 Å². The molecule has 0 aliphatic carbocycles. The van der Waals surface area contributed by atoms with Crippen LogP contribution >= 0.6 is 11.6 Å². The van der Waals surface area contributed by atoms with Crippen molar-refractivity contribution in [1.29, 1.82) is 0 Å². The maximum absolute atomic E-state index is 11.9. The van der Waals surface area contributed by atoms with Crippen LogP contribution < -0.4 is 15.6 Å². The maximum atomic E-state index is 11.9. The quantitative estimate of drug-likeness (QED) is 0.709. The summed E-state index contributed by atoms with van der Waals surface area (Å²) < 4.78 is 5.54. The molecule has 2 aromatic rings. The van der Waals surface area contributed by atoms with E-state index < -0.39 is 17.5 Å². The largest absolute Gasteiger partial charge is 0.478 e. The number of H-pyrrole nitrogens is 1. The van der Waals surface area contributed by atoms with Crippen LogP contribution in [0.5, 0.6) is 0 Å². The zero-order valence-corrected chi connectivity index (χ0v) is 10.9. The summed E-state index contributed by atoms with van der Waals surface area (Å²) in [5.74, 6) is -1.96. The van der Waals surface area contributed by atoms with Crippen molar-refractivity contribution in [2.24, 2.45) is 7.05 Å². The number of carbonyl (C=O) groups is 2. The van der Waals surface area contributed by atoms with E-state index in [0.717, 1.165) is 4.68 Å². The van der Waals surface area contributed by atoms with Gasteiger partial charge in [-0.15, -0.1) is 0 Å². The molecule has 0 fully saturated rings. The van der Waals surface area contributed by atoms with Gasteiger partial charge >= 0.3 is 23.2 Å². The summed E-state index contributed by atoms with van der Waals surface area (Å²) in [5, 5.41) is 13.6. The number of halogens is 1. The lowest BCUT2D eigenvalue weighted by Crippen LogP contribution is -2.41. The number of carboxylic acids is 1. The molecule has 1 aromatic carbocycles. The molecule has 0 unspecified atom stereocenters. The lowest BCUT2D eigenvalue weighted by molar-refractivity contribution is -0.741. The van der Waals surface area contributed by atoms with Crippen LogP contribution in [0.1, 0.15) is 20.8 Å². The Bertz CT molecular complexity index is 749. The number of hydrogen-bond acceptors (Lipinski definition) is 4. The first-order valence-corrected chi connectivity index (χ1v) is 5.69. The van der Waals surface area contributed by atoms with Crippen molar-refractivity contribution in [3.8, 4) is 0 Å². The summed E-state index contributed by atoms with van der Waals surface area (Å²) in [4.78, 5) is 34.1. The highest BCUT2D eigenvalue weighted by molar-refractivity contribution is 6.33. The third kappa shape index (κ3) is 2.54. The molecule has 0 spiro atoms. The standard InChI is InChI=1S/C11H8ClN3O5/c1-15-8(11(19)20-14-15)9(16)13-5-2-3-7(12)6(4-5)10(17)18/h2-4H,1H3,(H2-,13,14,16,17,18,19)/p+1. The van der Waals surface area contributed by atoms with E-state index in [1.165, 1.54) is 25.2 Å². The van der Waals surface area contributed by atoms with Crippen molar-refractivity contribution in [2.45, 2.75) is 0 Å². The van der Waals surface area contributed by atoms with Crippen LogP contribution in [-0.2, 0) is 7.05 Å². The highest BCUT2D eigenvalue weighted by Crippen LogP contribution is 2.20. The van der Waals surface area contributed by atoms with Crippen molar-refractivity contribution < 1.29 is 23.9 Å². The topological polar surface area (TPSA) is 116 Å². The number of carbonyl (C=O) groups excluding carboxylic acids is 1. The summed E-state index contributed by atoms with van der Waals surface area (Å²) in [7, 11) is 1.42. The Morgan fingerprint density at radius 3 is 2.70 bits per heavy atom. The molecule has 0 aliphatic heterocycles. The Balaban J connectivity index is 2.31. The van der Waals surface area contributed by atoms with Crippen LogP contribution in [0.15, 0.2) is 27.5 Å². The molecule has 3 N–H and O–H groups in total. The number of aryl methyl sites for hydroxylation is 1. The number of nitrogens with zero attached hydrogens (tertiary/aromatic N) is 1. The first-order valence-electron chi connectivity index (χ1n) is 5.32. The first kappa shape index (κ1) is 13.8. The van der Waals surface area contributed by atoms with Crippen LogP contribution in [-0.4, -0.2) is 22.3 Å². The average molecular weight is 299 g/mol. The number of anilines is 1. The molecule has 104 valence electrons. The van der Waals surface area contributed by atoms with Gasteiger partial charge in [0.05, 0.1) is 10.6 Å². The van der Waals surface area contributed by atoms with Crippen LogP contribution in [0.25, 0.3) is 0 Å². The fraction of sp³-hybridized carbons (Fsp3) is 0.0909. The van der Waals surface area contributed by atoms with Gasteiger partial charge in [0.15, 0.2) is 7.05 Å². The highest BCUT2D eigenvalue weighted by atomic mass is 35.5. The fourth-order valence-electron chi connectivity index (χ4n) is 1.54. The average Bonchev–Trinajstić information content (AvgIpc) is 2.71. The number of amides is 1. The predicted molar refractivity (Wildman–Crippen MR) is 66.9 cm³/mol. The molecule has 0 radical (unpaired) electrons. The van der Waals surface area contributed by atoms with E-state index in [1.54, 1.807) is 0 Å². The number of benzene rings is 1. The number of rotatable bonds is 3. The van der Waals surface area contributed by atoms with Crippen LogP contribution in [0.3, 0.4) is 0 Å². The number of aromatic amines is 1. The second kappa shape index (κ2) is 5.17. The van der Waals surface area contributed by atoms with E-state index in [4.69, 9.17) is 16.7 Å². The number of aromatic carboxylic acids is 1. The van der Waals surface area contributed by atoms with Gasteiger partial charge in [0, 0.05) is 5.69 Å². The number of hydrogen-bond donors (Lipinski definition) is 3. The molecule has 8 nitrogen and oxygen atoms in total. The number of nitrogens with one attached hydrogen (secondary N) is 2.